The summed E-state index contributed by atoms with van der Waals surface area (Å²) in [7, 11) is 0. The average Bonchev–Trinajstić information content (AvgIpc) is 2.92. The van der Waals surface area contributed by atoms with Crippen LogP contribution in [0.1, 0.15) is 81.5 Å². The Morgan fingerprint density at radius 3 is 2.19 bits per heavy atom. The van der Waals surface area contributed by atoms with Crippen LogP contribution in [0.15, 0.2) is 48.5 Å². The van der Waals surface area contributed by atoms with E-state index in [4.69, 9.17) is 14.5 Å². The van der Waals surface area contributed by atoms with Crippen LogP contribution in [0.3, 0.4) is 0 Å². The summed E-state index contributed by atoms with van der Waals surface area (Å²) in [4.78, 5) is 20.0. The molecule has 2 fully saturated rings. The molecule has 1 aliphatic carbocycles. The predicted octanol–water partition coefficient (Wildman–Crippen LogP) is 7.84. The van der Waals surface area contributed by atoms with Gasteiger partial charge in [0, 0.05) is 42.0 Å². The van der Waals surface area contributed by atoms with Crippen molar-refractivity contribution in [3.63, 3.8) is 0 Å². The number of halogens is 1. The van der Waals surface area contributed by atoms with Crippen molar-refractivity contribution in [1.29, 1.82) is 0 Å². The van der Waals surface area contributed by atoms with Gasteiger partial charge in [-0.3, -0.25) is 4.98 Å². The number of anilines is 1. The highest BCUT2D eigenvalue weighted by atomic mass is 19.1. The lowest BCUT2D eigenvalue weighted by Gasteiger charge is -2.49. The SMILES string of the molecule is Cc1nc(C)c(C(OC(C)(C)C)C(=O)O)c(N2CCC3(CCC3)CC2)c1-c1ccc(OCCc2ccc(F)cc2)cc1. The van der Waals surface area contributed by atoms with Gasteiger partial charge in [0.2, 0.25) is 0 Å². The first kappa shape index (κ1) is 30.0. The van der Waals surface area contributed by atoms with Gasteiger partial charge in [0.05, 0.1) is 17.9 Å². The molecule has 5 rings (SSSR count). The highest BCUT2D eigenvalue weighted by Crippen LogP contribution is 2.51. The number of nitrogens with zero attached hydrogens (tertiary/aromatic N) is 2. The Labute approximate surface area is 248 Å². The van der Waals surface area contributed by atoms with Gasteiger partial charge in [0.15, 0.2) is 6.10 Å². The first-order chi connectivity index (χ1) is 19.9. The molecule has 42 heavy (non-hydrogen) atoms. The van der Waals surface area contributed by atoms with E-state index in [2.05, 4.69) is 4.90 Å². The van der Waals surface area contributed by atoms with Crippen molar-refractivity contribution in [2.75, 3.05) is 24.6 Å². The Hall–Kier alpha value is -3.45. The fourth-order valence-corrected chi connectivity index (χ4v) is 6.46. The summed E-state index contributed by atoms with van der Waals surface area (Å²) in [5.41, 5.74) is 5.85. The normalized spacial score (nSPS) is 17.1. The number of aromatic nitrogens is 1. The molecule has 2 heterocycles. The Morgan fingerprint density at radius 2 is 1.64 bits per heavy atom. The zero-order chi connectivity index (χ0) is 30.1. The Kier molecular flexibility index (Phi) is 8.61. The van der Waals surface area contributed by atoms with Crippen molar-refractivity contribution in [1.82, 2.24) is 4.98 Å². The third-order valence-corrected chi connectivity index (χ3v) is 8.81. The lowest BCUT2D eigenvalue weighted by Crippen LogP contribution is -2.44. The number of pyridine rings is 1. The molecule has 1 spiro atoms. The molecule has 1 N–H and O–H groups in total. The monoisotopic (exact) mass is 574 g/mol. The van der Waals surface area contributed by atoms with Crippen LogP contribution in [0.2, 0.25) is 0 Å². The molecule has 1 aliphatic heterocycles. The second-order valence-electron chi connectivity index (χ2n) is 13.0. The minimum atomic E-state index is -1.14. The third kappa shape index (κ3) is 6.62. The fourth-order valence-electron chi connectivity index (χ4n) is 6.46. The number of rotatable bonds is 9. The topological polar surface area (TPSA) is 71.9 Å². The van der Waals surface area contributed by atoms with Crippen molar-refractivity contribution in [3.05, 3.63) is 76.9 Å². The summed E-state index contributed by atoms with van der Waals surface area (Å²) in [5.74, 6) is -0.515. The molecule has 1 atom stereocenters. The van der Waals surface area contributed by atoms with Crippen molar-refractivity contribution in [3.8, 4) is 16.9 Å². The minimum Gasteiger partial charge on any atom is -0.493 e. The molecule has 3 aromatic rings. The summed E-state index contributed by atoms with van der Waals surface area (Å²) in [6, 6.07) is 14.4. The predicted molar refractivity (Wildman–Crippen MR) is 164 cm³/mol. The van der Waals surface area contributed by atoms with Crippen LogP contribution >= 0.6 is 0 Å². The van der Waals surface area contributed by atoms with Gasteiger partial charge in [0.1, 0.15) is 11.6 Å². The third-order valence-electron chi connectivity index (χ3n) is 8.81. The van der Waals surface area contributed by atoms with Gasteiger partial charge in [-0.25, -0.2) is 9.18 Å². The maximum atomic E-state index is 13.2. The molecule has 0 bridgehead atoms. The first-order valence-electron chi connectivity index (χ1n) is 15.1. The van der Waals surface area contributed by atoms with Gasteiger partial charge < -0.3 is 19.5 Å². The maximum absolute atomic E-state index is 13.2. The van der Waals surface area contributed by atoms with Crippen LogP contribution in [0.4, 0.5) is 10.1 Å². The Morgan fingerprint density at radius 1 is 1.00 bits per heavy atom. The van der Waals surface area contributed by atoms with Crippen molar-refractivity contribution < 1.29 is 23.8 Å². The van der Waals surface area contributed by atoms with Gasteiger partial charge in [-0.15, -0.1) is 0 Å². The fraction of sp³-hybridized carbons (Fsp3) is 0.486. The van der Waals surface area contributed by atoms with Crippen molar-refractivity contribution in [2.45, 2.75) is 84.8 Å². The largest absolute Gasteiger partial charge is 0.493 e. The molecule has 1 unspecified atom stereocenters. The quantitative estimate of drug-likeness (QED) is 0.281. The highest BCUT2D eigenvalue weighted by molar-refractivity contribution is 5.88. The van der Waals surface area contributed by atoms with E-state index in [1.165, 1.54) is 31.4 Å². The number of hydrogen-bond acceptors (Lipinski definition) is 5. The molecule has 6 nitrogen and oxygen atoms in total. The number of aryl methyl sites for hydroxylation is 2. The van der Waals surface area contributed by atoms with Crippen LogP contribution in [-0.4, -0.2) is 41.4 Å². The molecule has 1 aromatic heterocycles. The van der Waals surface area contributed by atoms with Gasteiger partial charge in [-0.2, -0.15) is 0 Å². The lowest BCUT2D eigenvalue weighted by molar-refractivity contribution is -0.160. The summed E-state index contributed by atoms with van der Waals surface area (Å²) in [5, 5.41) is 10.4. The van der Waals surface area contributed by atoms with E-state index in [9.17, 15) is 14.3 Å². The minimum absolute atomic E-state index is 0.245. The van der Waals surface area contributed by atoms with Crippen molar-refractivity contribution in [2.24, 2.45) is 5.41 Å². The van der Waals surface area contributed by atoms with Crippen LogP contribution in [-0.2, 0) is 16.0 Å². The number of benzene rings is 2. The van der Waals surface area contributed by atoms with Gasteiger partial charge in [-0.05, 0) is 101 Å². The molecular weight excluding hydrogens is 531 g/mol. The van der Waals surface area contributed by atoms with Gasteiger partial charge >= 0.3 is 5.97 Å². The van der Waals surface area contributed by atoms with E-state index in [0.29, 0.717) is 29.7 Å². The number of aliphatic carboxylic acids is 1. The number of carboxylic acid groups (broad SMARTS) is 1. The summed E-state index contributed by atoms with van der Waals surface area (Å²) >= 11 is 0. The lowest BCUT2D eigenvalue weighted by atomic mass is 9.63. The van der Waals surface area contributed by atoms with Crippen LogP contribution < -0.4 is 9.64 Å². The molecule has 1 saturated heterocycles. The van der Waals surface area contributed by atoms with Crippen LogP contribution in [0, 0.1) is 25.1 Å². The molecule has 0 amide bonds. The van der Waals surface area contributed by atoms with E-state index < -0.39 is 17.7 Å². The van der Waals surface area contributed by atoms with E-state index in [-0.39, 0.29) is 5.82 Å². The van der Waals surface area contributed by atoms with E-state index in [1.54, 1.807) is 12.1 Å². The van der Waals surface area contributed by atoms with E-state index in [0.717, 1.165) is 59.8 Å². The molecule has 2 aliphatic rings. The highest BCUT2D eigenvalue weighted by Gasteiger charge is 2.42. The zero-order valence-corrected chi connectivity index (χ0v) is 25.5. The summed E-state index contributed by atoms with van der Waals surface area (Å²) < 4.78 is 25.4. The van der Waals surface area contributed by atoms with E-state index in [1.807, 2.05) is 58.9 Å². The standard InChI is InChI=1S/C35H43FN2O4/c1-23-29(26-9-13-28(14-10-26)41-22-15-25-7-11-27(36)12-8-25)31(38-20-18-35(19-21-38)16-6-17-35)30(24(2)37-23)32(33(39)40)42-34(3,4)5/h7-14,32H,6,15-22H2,1-5H3,(H,39,40). The Bertz CT molecular complexity index is 1400. The molecular formula is C35H43FN2O4. The number of carboxylic acids is 1. The summed E-state index contributed by atoms with van der Waals surface area (Å²) in [6.45, 7) is 11.8. The second kappa shape index (κ2) is 12.0. The molecule has 224 valence electrons. The first-order valence-corrected chi connectivity index (χ1v) is 15.1. The number of hydrogen-bond donors (Lipinski definition) is 1. The van der Waals surface area contributed by atoms with Crippen LogP contribution in [0.5, 0.6) is 5.75 Å². The number of carbonyl (C=O) groups is 1. The summed E-state index contributed by atoms with van der Waals surface area (Å²) in [6.07, 6.45) is 5.67. The molecule has 1 saturated carbocycles. The second-order valence-corrected chi connectivity index (χ2v) is 13.0. The maximum Gasteiger partial charge on any atom is 0.337 e. The Balaban J connectivity index is 1.49. The van der Waals surface area contributed by atoms with Gasteiger partial charge in [-0.1, -0.05) is 30.7 Å². The van der Waals surface area contributed by atoms with Crippen molar-refractivity contribution >= 4 is 11.7 Å². The van der Waals surface area contributed by atoms with Crippen LogP contribution in [0.25, 0.3) is 11.1 Å². The van der Waals surface area contributed by atoms with E-state index >= 15 is 0 Å². The average molecular weight is 575 g/mol. The molecule has 2 aromatic carbocycles. The smallest absolute Gasteiger partial charge is 0.337 e. The number of ether oxygens (including phenoxy) is 2. The molecule has 0 radical (unpaired) electrons. The number of piperidine rings is 1. The molecule has 7 heteroatoms. The van der Waals surface area contributed by atoms with Gasteiger partial charge in [0.25, 0.3) is 0 Å². The zero-order valence-electron chi connectivity index (χ0n) is 25.5.